The average molecular weight is 203 g/mol. The van der Waals surface area contributed by atoms with Crippen LogP contribution in [0.3, 0.4) is 0 Å². The molecule has 0 amide bonds. The number of hydrogen-bond acceptors (Lipinski definition) is 3. The predicted molar refractivity (Wildman–Crippen MR) is 55.9 cm³/mol. The summed E-state index contributed by atoms with van der Waals surface area (Å²) in [5.74, 6) is 0.320. The molecule has 1 aromatic carbocycles. The van der Waals surface area contributed by atoms with E-state index in [1.807, 2.05) is 6.07 Å². The van der Waals surface area contributed by atoms with Crippen molar-refractivity contribution in [1.82, 2.24) is 4.90 Å². The molecule has 0 spiro atoms. The second kappa shape index (κ2) is 3.07. The van der Waals surface area contributed by atoms with Crippen LogP contribution in [-0.4, -0.2) is 28.4 Å². The molecule has 1 fully saturated rings. The molecule has 1 heterocycles. The van der Waals surface area contributed by atoms with Gasteiger partial charge in [-0.2, -0.15) is 0 Å². The van der Waals surface area contributed by atoms with Gasteiger partial charge in [0.15, 0.2) is 5.78 Å². The fraction of sp³-hybridized carbons (Fsp3) is 0.417. The number of phenols is 1. The fourth-order valence-electron chi connectivity index (χ4n) is 2.20. The van der Waals surface area contributed by atoms with E-state index >= 15 is 0 Å². The number of benzene rings is 1. The highest BCUT2D eigenvalue weighted by molar-refractivity contribution is 6.00. The Labute approximate surface area is 88.3 Å². The highest BCUT2D eigenvalue weighted by Crippen LogP contribution is 2.32. The Morgan fingerprint density at radius 3 is 2.80 bits per heavy atom. The maximum Gasteiger partial charge on any atom is 0.177 e. The van der Waals surface area contributed by atoms with Crippen molar-refractivity contribution in [3.05, 3.63) is 29.3 Å². The molecule has 0 bridgehead atoms. The molecule has 1 aliphatic carbocycles. The van der Waals surface area contributed by atoms with Gasteiger partial charge >= 0.3 is 0 Å². The minimum absolute atomic E-state index is 0.138. The Hall–Kier alpha value is -1.35. The number of carbonyl (C=O) groups is 1. The molecule has 2 aliphatic rings. The number of hydrogen-bond donors (Lipinski definition) is 1. The van der Waals surface area contributed by atoms with E-state index in [-0.39, 0.29) is 11.5 Å². The van der Waals surface area contributed by atoms with E-state index < -0.39 is 0 Å². The van der Waals surface area contributed by atoms with Crippen molar-refractivity contribution in [3.8, 4) is 5.75 Å². The summed E-state index contributed by atoms with van der Waals surface area (Å²) in [5.41, 5.74) is 1.75. The SMILES string of the molecule is O=C1CN(C2CC2)Cc2ccc(O)cc21. The van der Waals surface area contributed by atoms with Crippen molar-refractivity contribution in [3.63, 3.8) is 0 Å². The lowest BCUT2D eigenvalue weighted by molar-refractivity contribution is 0.0893. The third-order valence-electron chi connectivity index (χ3n) is 3.18. The van der Waals surface area contributed by atoms with Gasteiger partial charge in [-0.1, -0.05) is 6.07 Å². The van der Waals surface area contributed by atoms with Gasteiger partial charge in [0.05, 0.1) is 6.54 Å². The second-order valence-electron chi connectivity index (χ2n) is 4.40. The lowest BCUT2D eigenvalue weighted by Gasteiger charge is -2.27. The number of carbonyl (C=O) groups excluding carboxylic acids is 1. The van der Waals surface area contributed by atoms with Gasteiger partial charge < -0.3 is 5.11 Å². The van der Waals surface area contributed by atoms with Crippen LogP contribution in [0.1, 0.15) is 28.8 Å². The first-order valence-electron chi connectivity index (χ1n) is 5.33. The lowest BCUT2D eigenvalue weighted by Crippen LogP contribution is -2.36. The zero-order chi connectivity index (χ0) is 10.4. The van der Waals surface area contributed by atoms with Crippen molar-refractivity contribution < 1.29 is 9.90 Å². The molecule has 0 aromatic heterocycles. The van der Waals surface area contributed by atoms with E-state index in [9.17, 15) is 9.90 Å². The van der Waals surface area contributed by atoms with Crippen molar-refractivity contribution >= 4 is 5.78 Å². The van der Waals surface area contributed by atoms with Gasteiger partial charge in [-0.05, 0) is 30.5 Å². The maximum absolute atomic E-state index is 11.8. The van der Waals surface area contributed by atoms with Crippen molar-refractivity contribution in [1.29, 1.82) is 0 Å². The van der Waals surface area contributed by atoms with Crippen LogP contribution in [-0.2, 0) is 6.54 Å². The van der Waals surface area contributed by atoms with Gasteiger partial charge in [0.25, 0.3) is 0 Å². The van der Waals surface area contributed by atoms with E-state index in [4.69, 9.17) is 0 Å². The molecule has 0 radical (unpaired) electrons. The third kappa shape index (κ3) is 1.53. The van der Waals surface area contributed by atoms with Gasteiger partial charge in [-0.3, -0.25) is 9.69 Å². The lowest BCUT2D eigenvalue weighted by atomic mass is 9.98. The highest BCUT2D eigenvalue weighted by Gasteiger charge is 2.34. The van der Waals surface area contributed by atoms with E-state index in [0.717, 1.165) is 12.1 Å². The largest absolute Gasteiger partial charge is 0.508 e. The molecule has 0 saturated heterocycles. The number of Topliss-reactive ketones (excluding diaryl/α,β-unsaturated/α-hetero) is 1. The van der Waals surface area contributed by atoms with E-state index in [0.29, 0.717) is 18.2 Å². The second-order valence-corrected chi connectivity index (χ2v) is 4.40. The number of aromatic hydroxyl groups is 1. The van der Waals surface area contributed by atoms with Crippen LogP contribution in [0.25, 0.3) is 0 Å². The number of nitrogens with zero attached hydrogens (tertiary/aromatic N) is 1. The predicted octanol–water partition coefficient (Wildman–Crippen LogP) is 1.55. The minimum atomic E-state index is 0.138. The van der Waals surface area contributed by atoms with Crippen molar-refractivity contribution in [2.45, 2.75) is 25.4 Å². The van der Waals surface area contributed by atoms with Crippen LogP contribution in [0.15, 0.2) is 18.2 Å². The number of phenolic OH excluding ortho intramolecular Hbond substituents is 1. The number of fused-ring (bicyclic) bond motifs is 1. The quantitative estimate of drug-likeness (QED) is 0.752. The zero-order valence-corrected chi connectivity index (χ0v) is 8.44. The molecule has 3 rings (SSSR count). The molecule has 1 N–H and O–H groups in total. The Bertz CT molecular complexity index is 424. The van der Waals surface area contributed by atoms with Gasteiger partial charge in [0, 0.05) is 18.2 Å². The molecule has 1 aromatic rings. The molecular formula is C12H13NO2. The first-order chi connectivity index (χ1) is 7.24. The van der Waals surface area contributed by atoms with Crippen molar-refractivity contribution in [2.24, 2.45) is 0 Å². The first kappa shape index (κ1) is 8.92. The minimum Gasteiger partial charge on any atom is -0.508 e. The van der Waals surface area contributed by atoms with E-state index in [1.54, 1.807) is 12.1 Å². The summed E-state index contributed by atoms with van der Waals surface area (Å²) >= 11 is 0. The molecule has 1 aliphatic heterocycles. The Balaban J connectivity index is 1.96. The third-order valence-corrected chi connectivity index (χ3v) is 3.18. The van der Waals surface area contributed by atoms with Crippen LogP contribution in [0.4, 0.5) is 0 Å². The van der Waals surface area contributed by atoms with E-state index in [2.05, 4.69) is 4.90 Å². The highest BCUT2D eigenvalue weighted by atomic mass is 16.3. The molecule has 1 saturated carbocycles. The summed E-state index contributed by atoms with van der Waals surface area (Å²) in [4.78, 5) is 14.1. The molecule has 3 nitrogen and oxygen atoms in total. The Morgan fingerprint density at radius 1 is 1.27 bits per heavy atom. The number of rotatable bonds is 1. The van der Waals surface area contributed by atoms with Gasteiger partial charge in [0.1, 0.15) is 5.75 Å². The summed E-state index contributed by atoms with van der Waals surface area (Å²) in [6.07, 6.45) is 2.45. The van der Waals surface area contributed by atoms with Crippen molar-refractivity contribution in [2.75, 3.05) is 6.54 Å². The van der Waals surface area contributed by atoms with Gasteiger partial charge in [0.2, 0.25) is 0 Å². The average Bonchev–Trinajstić information content (AvgIpc) is 3.02. The van der Waals surface area contributed by atoms with Crippen LogP contribution < -0.4 is 0 Å². The smallest absolute Gasteiger partial charge is 0.177 e. The van der Waals surface area contributed by atoms with Crippen LogP contribution in [0, 0.1) is 0 Å². The number of ketones is 1. The molecular weight excluding hydrogens is 190 g/mol. The summed E-state index contributed by atoms with van der Waals surface area (Å²) in [6.45, 7) is 1.37. The van der Waals surface area contributed by atoms with Crippen LogP contribution in [0.5, 0.6) is 5.75 Å². The molecule has 0 atom stereocenters. The Kier molecular flexibility index (Phi) is 1.83. The molecule has 3 heteroatoms. The summed E-state index contributed by atoms with van der Waals surface area (Å²) in [5, 5.41) is 9.33. The van der Waals surface area contributed by atoms with Gasteiger partial charge in [-0.15, -0.1) is 0 Å². The molecule has 78 valence electrons. The van der Waals surface area contributed by atoms with E-state index in [1.165, 1.54) is 12.8 Å². The summed E-state index contributed by atoms with van der Waals surface area (Å²) in [7, 11) is 0. The first-order valence-corrected chi connectivity index (χ1v) is 5.33. The van der Waals surface area contributed by atoms with Crippen LogP contribution in [0.2, 0.25) is 0 Å². The van der Waals surface area contributed by atoms with Crippen LogP contribution >= 0.6 is 0 Å². The maximum atomic E-state index is 11.8. The van der Waals surface area contributed by atoms with Gasteiger partial charge in [-0.25, -0.2) is 0 Å². The summed E-state index contributed by atoms with van der Waals surface area (Å²) < 4.78 is 0. The normalized spacial score (nSPS) is 21.5. The molecule has 0 unspecified atom stereocenters. The topological polar surface area (TPSA) is 40.5 Å². The molecule has 15 heavy (non-hydrogen) atoms. The summed E-state index contributed by atoms with van der Waals surface area (Å²) in [6, 6.07) is 5.72. The Morgan fingerprint density at radius 2 is 2.07 bits per heavy atom. The monoisotopic (exact) mass is 203 g/mol. The fourth-order valence-corrected chi connectivity index (χ4v) is 2.20. The zero-order valence-electron chi connectivity index (χ0n) is 8.44. The standard InChI is InChI=1S/C12H13NO2/c14-10-4-1-8-6-13(9-2-3-9)7-12(15)11(8)5-10/h1,4-5,9,14H,2-3,6-7H2.